The molecular weight excluding hydrogens is 1030 g/mol. The van der Waals surface area contributed by atoms with Gasteiger partial charge < -0.3 is 26.1 Å². The smallest absolute Gasteiger partial charge is 0.429 e. The van der Waals surface area contributed by atoms with Crippen molar-refractivity contribution in [1.82, 2.24) is 34.1 Å². The number of hydrogen-bond donors (Lipinski definition) is 0. The third kappa shape index (κ3) is 7.46. The quantitative estimate of drug-likeness (QED) is 0.0976. The van der Waals surface area contributed by atoms with Crippen molar-refractivity contribution in [2.24, 2.45) is 0 Å². The summed E-state index contributed by atoms with van der Waals surface area (Å²) in [5, 5.41) is -0.129. The standard InChI is InChI=1S/C42H20F4IN7O10S2/c1-17-9-23(43)22(13-28(17)61-20-4-6-25-31(12-20)66-38(51-25)53-36(55)32-34(62-40(53)57)27(59-2)7-8-49-32)26-14-29(64-47)35-33(50-26)37(56)54(41(58)63-35)39-52-24-5-3-19(11-30(24)65-39)60-21-10-18(15-48-16-21)42(44,45)46/h3-16H,1-2H3. The van der Waals surface area contributed by atoms with E-state index in [0.29, 0.717) is 36.8 Å². The van der Waals surface area contributed by atoms with Gasteiger partial charge in [-0.1, -0.05) is 22.7 Å². The number of fused-ring (bicyclic) bond motifs is 4. The van der Waals surface area contributed by atoms with Crippen molar-refractivity contribution in [2.45, 2.75) is 13.1 Å². The normalized spacial score (nSPS) is 11.8. The molecule has 330 valence electrons. The summed E-state index contributed by atoms with van der Waals surface area (Å²) in [5.74, 6) is -2.46. The molecule has 0 saturated carbocycles. The fourth-order valence-corrected chi connectivity index (χ4v) is 9.01. The van der Waals surface area contributed by atoms with Crippen LogP contribution in [0.2, 0.25) is 0 Å². The third-order valence-corrected chi connectivity index (χ3v) is 12.3. The highest BCUT2D eigenvalue weighted by Gasteiger charge is 2.31. The molecule has 0 radical (unpaired) electrons. The van der Waals surface area contributed by atoms with Crippen LogP contribution in [0.15, 0.2) is 113 Å². The Labute approximate surface area is 384 Å². The van der Waals surface area contributed by atoms with E-state index in [4.69, 9.17) is 26.1 Å². The molecule has 0 atom stereocenters. The Morgan fingerprint density at radius 3 is 1.94 bits per heavy atom. The van der Waals surface area contributed by atoms with E-state index >= 15 is 4.39 Å². The Kier molecular flexibility index (Phi) is 10.4. The van der Waals surface area contributed by atoms with E-state index in [2.05, 4.69) is 24.9 Å². The molecule has 0 saturated heterocycles. The molecular formula is C42H20F4IN7O10S2. The van der Waals surface area contributed by atoms with Crippen molar-refractivity contribution in [3.05, 3.63) is 144 Å². The second-order valence-corrected chi connectivity index (χ2v) is 16.4. The Bertz CT molecular complexity index is 3910. The van der Waals surface area contributed by atoms with E-state index in [1.165, 1.54) is 78.8 Å². The highest BCUT2D eigenvalue weighted by atomic mass is 127. The number of alkyl halides is 3. The van der Waals surface area contributed by atoms with Crippen LogP contribution in [0.25, 0.3) is 64.2 Å². The van der Waals surface area contributed by atoms with Crippen LogP contribution in [0.4, 0.5) is 17.6 Å². The number of benzene rings is 3. The molecule has 0 bridgehead atoms. The molecule has 7 aromatic heterocycles. The van der Waals surface area contributed by atoms with Crippen LogP contribution in [0.1, 0.15) is 11.1 Å². The minimum atomic E-state index is -4.64. The lowest BCUT2D eigenvalue weighted by Crippen LogP contribution is -2.31. The maximum atomic E-state index is 15.9. The first-order valence-corrected chi connectivity index (χ1v) is 21.2. The van der Waals surface area contributed by atoms with Gasteiger partial charge >= 0.3 is 17.7 Å². The fourth-order valence-electron chi connectivity index (χ4n) is 6.72. The summed E-state index contributed by atoms with van der Waals surface area (Å²) >= 11 is 3.39. The molecule has 0 aliphatic carbocycles. The number of methoxy groups -OCH3 is 1. The molecule has 0 aliphatic heterocycles. The summed E-state index contributed by atoms with van der Waals surface area (Å²) in [4.78, 5) is 74.8. The number of nitrogens with zero attached hydrogens (tertiary/aromatic N) is 7. The van der Waals surface area contributed by atoms with Gasteiger partial charge in [0.25, 0.3) is 11.1 Å². The molecule has 0 spiro atoms. The number of thiazole rings is 2. The number of aryl methyl sites for hydroxylation is 1. The van der Waals surface area contributed by atoms with Gasteiger partial charge in [-0.25, -0.2) is 33.9 Å². The van der Waals surface area contributed by atoms with Crippen LogP contribution in [0, 0.1) is 12.7 Å². The van der Waals surface area contributed by atoms with E-state index in [-0.39, 0.29) is 72.7 Å². The SMILES string of the molecule is COc1ccnc2c(=O)n(-c3nc4ccc(Oc5cc(-c6cc(OI)c7oc(=O)n(-c8nc9ccc(Oc%10cncc(C(F)(F)F)c%10)cc9s8)c(=O)c7n6)c(F)cc5C)cc4s3)c(=O)oc12. The molecule has 10 aromatic rings. The molecule has 0 aliphatic rings. The predicted octanol–water partition coefficient (Wildman–Crippen LogP) is 9.06. The first-order chi connectivity index (χ1) is 31.7. The lowest BCUT2D eigenvalue weighted by atomic mass is 10.1. The summed E-state index contributed by atoms with van der Waals surface area (Å²) in [6, 6.07) is 15.2. The number of ether oxygens (including phenoxy) is 3. The van der Waals surface area contributed by atoms with Gasteiger partial charge in [0.15, 0.2) is 45.5 Å². The lowest BCUT2D eigenvalue weighted by Gasteiger charge is -2.13. The zero-order valence-electron chi connectivity index (χ0n) is 33.0. The molecule has 3 aromatic carbocycles. The third-order valence-electron chi connectivity index (χ3n) is 9.79. The van der Waals surface area contributed by atoms with Gasteiger partial charge in [-0.15, -0.1) is 0 Å². The molecule has 0 N–H and O–H groups in total. The Morgan fingerprint density at radius 1 is 0.697 bits per heavy atom. The topological polar surface area (TPSA) is 206 Å². The Balaban J connectivity index is 0.982. The van der Waals surface area contributed by atoms with Crippen molar-refractivity contribution in [1.29, 1.82) is 0 Å². The highest BCUT2D eigenvalue weighted by Crippen LogP contribution is 2.38. The van der Waals surface area contributed by atoms with Crippen LogP contribution in [0.5, 0.6) is 34.5 Å². The molecule has 24 heteroatoms. The van der Waals surface area contributed by atoms with Gasteiger partial charge in [-0.3, -0.25) is 14.6 Å². The van der Waals surface area contributed by atoms with Crippen molar-refractivity contribution >= 4 is 88.3 Å². The molecule has 7 heterocycles. The van der Waals surface area contributed by atoms with E-state index in [1.807, 2.05) is 0 Å². The number of halogens is 5. The van der Waals surface area contributed by atoms with Crippen molar-refractivity contribution in [3.8, 4) is 56.0 Å². The predicted molar refractivity (Wildman–Crippen MR) is 239 cm³/mol. The van der Waals surface area contributed by atoms with Crippen molar-refractivity contribution < 1.29 is 43.7 Å². The molecule has 66 heavy (non-hydrogen) atoms. The minimum Gasteiger partial charge on any atom is -0.493 e. The summed E-state index contributed by atoms with van der Waals surface area (Å²) in [7, 11) is 1.36. The number of pyridine rings is 3. The number of aromatic nitrogens is 7. The van der Waals surface area contributed by atoms with Crippen molar-refractivity contribution in [2.75, 3.05) is 7.11 Å². The minimum absolute atomic E-state index is 0.00975. The highest BCUT2D eigenvalue weighted by molar-refractivity contribution is 14.1. The summed E-state index contributed by atoms with van der Waals surface area (Å²) in [6.45, 7) is 1.61. The summed E-state index contributed by atoms with van der Waals surface area (Å²) in [5.41, 5.74) is -2.85. The van der Waals surface area contributed by atoms with Gasteiger partial charge in [0.05, 0.1) is 45.0 Å². The number of hydrogen-bond acceptors (Lipinski definition) is 17. The van der Waals surface area contributed by atoms with Crippen molar-refractivity contribution in [3.63, 3.8) is 0 Å². The largest absolute Gasteiger partial charge is 0.493 e. The van der Waals surface area contributed by atoms with Gasteiger partial charge in [-0.2, -0.15) is 22.3 Å². The lowest BCUT2D eigenvalue weighted by molar-refractivity contribution is -0.137. The van der Waals surface area contributed by atoms with Gasteiger partial charge in [0, 0.05) is 42.2 Å². The van der Waals surface area contributed by atoms with Crippen LogP contribution in [0.3, 0.4) is 0 Å². The average molecular weight is 1050 g/mol. The Hall–Kier alpha value is -7.58. The molecule has 0 fully saturated rings. The monoisotopic (exact) mass is 1050 g/mol. The van der Waals surface area contributed by atoms with E-state index in [9.17, 15) is 32.3 Å². The Morgan fingerprint density at radius 2 is 1.32 bits per heavy atom. The van der Waals surface area contributed by atoms with E-state index in [1.54, 1.807) is 25.1 Å². The van der Waals surface area contributed by atoms with Crippen LogP contribution >= 0.6 is 45.7 Å². The fraction of sp³-hybridized carbons (Fsp3) is 0.0714. The second kappa shape index (κ2) is 16.1. The molecule has 10 rings (SSSR count). The maximum absolute atomic E-state index is 15.9. The van der Waals surface area contributed by atoms with Crippen LogP contribution < -0.4 is 39.9 Å². The number of rotatable bonds is 9. The van der Waals surface area contributed by atoms with Crippen LogP contribution in [-0.2, 0) is 6.18 Å². The molecule has 17 nitrogen and oxygen atoms in total. The van der Waals surface area contributed by atoms with Gasteiger partial charge in [-0.05, 0) is 55.0 Å². The second-order valence-electron chi connectivity index (χ2n) is 13.9. The van der Waals surface area contributed by atoms with Gasteiger partial charge in [0.2, 0.25) is 21.4 Å². The zero-order chi connectivity index (χ0) is 46.2. The first-order valence-electron chi connectivity index (χ1n) is 18.7. The average Bonchev–Trinajstić information content (AvgIpc) is 3.90. The van der Waals surface area contributed by atoms with E-state index < -0.39 is 45.7 Å². The molecule has 0 amide bonds. The molecule has 0 unspecified atom stereocenters. The first kappa shape index (κ1) is 42.4. The zero-order valence-corrected chi connectivity index (χ0v) is 36.8. The maximum Gasteiger partial charge on any atom is 0.429 e. The van der Waals surface area contributed by atoms with E-state index in [0.717, 1.165) is 39.5 Å². The summed E-state index contributed by atoms with van der Waals surface area (Å²) in [6.07, 6.45) is -1.52. The van der Waals surface area contributed by atoms with Crippen LogP contribution in [-0.4, -0.2) is 41.2 Å². The summed E-state index contributed by atoms with van der Waals surface area (Å²) < 4.78 is 91.3. The van der Waals surface area contributed by atoms with Gasteiger partial charge in [0.1, 0.15) is 28.8 Å².